The van der Waals surface area contributed by atoms with E-state index in [2.05, 4.69) is 11.8 Å². The lowest BCUT2D eigenvalue weighted by molar-refractivity contribution is 0.790. The van der Waals surface area contributed by atoms with Gasteiger partial charge in [-0.15, -0.1) is 0 Å². The topological polar surface area (TPSA) is 41.1 Å². The van der Waals surface area contributed by atoms with Gasteiger partial charge in [0.05, 0.1) is 0 Å². The van der Waals surface area contributed by atoms with Gasteiger partial charge in [-0.2, -0.15) is 5.10 Å². The summed E-state index contributed by atoms with van der Waals surface area (Å²) in [4.78, 5) is 0. The molecular formula is C7H9N3. The molecule has 0 saturated heterocycles. The van der Waals surface area contributed by atoms with Gasteiger partial charge in [-0.3, -0.25) is 5.41 Å². The van der Waals surface area contributed by atoms with E-state index in [4.69, 9.17) is 5.41 Å². The minimum Gasteiger partial charge on any atom is -0.283 e. The predicted molar refractivity (Wildman–Crippen MR) is 40.0 cm³/mol. The third-order valence-electron chi connectivity index (χ3n) is 1.23. The fourth-order valence-corrected chi connectivity index (χ4v) is 0.709. The number of hydrogen-bond donors (Lipinski definition) is 1. The first kappa shape index (κ1) is 6.74. The van der Waals surface area contributed by atoms with Crippen LogP contribution >= 0.6 is 0 Å². The van der Waals surface area contributed by atoms with E-state index in [-0.39, 0.29) is 0 Å². The lowest BCUT2D eigenvalue weighted by Gasteiger charge is -1.97. The molecule has 10 heavy (non-hydrogen) atoms. The molecule has 1 aromatic heterocycles. The zero-order valence-electron chi connectivity index (χ0n) is 5.83. The minimum absolute atomic E-state index is 0.348. The lowest BCUT2D eigenvalue weighted by atomic mass is 10.3. The van der Waals surface area contributed by atoms with Crippen molar-refractivity contribution in [2.45, 2.75) is 6.92 Å². The molecule has 0 bridgehead atoms. The van der Waals surface area contributed by atoms with Crippen LogP contribution in [0.25, 0.3) is 0 Å². The van der Waals surface area contributed by atoms with Crippen molar-refractivity contribution in [3.8, 4) is 0 Å². The van der Waals surface area contributed by atoms with Crippen LogP contribution in [0.4, 0.5) is 0 Å². The molecule has 0 aliphatic carbocycles. The number of aromatic nitrogens is 1. The van der Waals surface area contributed by atoms with Crippen LogP contribution in [0.3, 0.4) is 0 Å². The van der Waals surface area contributed by atoms with Crippen molar-refractivity contribution >= 4 is 6.72 Å². The summed E-state index contributed by atoms with van der Waals surface area (Å²) in [5.74, 6) is 0. The average Bonchev–Trinajstić information content (AvgIpc) is 1.94. The van der Waals surface area contributed by atoms with Gasteiger partial charge in [0, 0.05) is 12.9 Å². The maximum absolute atomic E-state index is 7.30. The van der Waals surface area contributed by atoms with E-state index in [1.807, 2.05) is 13.0 Å². The van der Waals surface area contributed by atoms with Crippen LogP contribution in [0.2, 0.25) is 0 Å². The zero-order chi connectivity index (χ0) is 7.56. The van der Waals surface area contributed by atoms with Gasteiger partial charge in [-0.1, -0.05) is 6.07 Å². The first-order chi connectivity index (χ1) is 4.74. The summed E-state index contributed by atoms with van der Waals surface area (Å²) in [5.41, 5.74) is 1.42. The van der Waals surface area contributed by atoms with Crippen molar-refractivity contribution in [2.24, 2.45) is 5.10 Å². The Labute approximate surface area is 59.1 Å². The largest absolute Gasteiger partial charge is 0.283 e. The molecule has 0 aromatic carbocycles. The summed E-state index contributed by atoms with van der Waals surface area (Å²) in [5, 5.41) is 10.9. The summed E-state index contributed by atoms with van der Waals surface area (Å²) in [6.45, 7) is 5.27. The maximum Gasteiger partial charge on any atom is 0.145 e. The van der Waals surface area contributed by atoms with Crippen LogP contribution in [0.5, 0.6) is 0 Å². The Morgan fingerprint density at radius 3 is 2.80 bits per heavy atom. The molecule has 0 radical (unpaired) electrons. The van der Waals surface area contributed by atoms with Gasteiger partial charge in [0.1, 0.15) is 5.49 Å². The molecule has 1 aromatic rings. The molecule has 0 aliphatic rings. The molecule has 0 atom stereocenters. The zero-order valence-corrected chi connectivity index (χ0v) is 5.83. The predicted octanol–water partition coefficient (Wildman–Crippen LogP) is 0.740. The van der Waals surface area contributed by atoms with Crippen molar-refractivity contribution in [1.29, 1.82) is 5.41 Å². The molecule has 3 heteroatoms. The first-order valence-electron chi connectivity index (χ1n) is 2.95. The Hall–Kier alpha value is -1.38. The Morgan fingerprint density at radius 2 is 2.30 bits per heavy atom. The van der Waals surface area contributed by atoms with Crippen molar-refractivity contribution < 1.29 is 0 Å². The van der Waals surface area contributed by atoms with Gasteiger partial charge >= 0.3 is 0 Å². The van der Waals surface area contributed by atoms with Crippen LogP contribution < -0.4 is 5.49 Å². The van der Waals surface area contributed by atoms with Crippen molar-refractivity contribution in [1.82, 2.24) is 4.68 Å². The molecule has 3 nitrogen and oxygen atoms in total. The lowest BCUT2D eigenvalue weighted by Crippen LogP contribution is -2.13. The second kappa shape index (κ2) is 2.47. The summed E-state index contributed by atoms with van der Waals surface area (Å²) >= 11 is 0. The molecular weight excluding hydrogens is 126 g/mol. The first-order valence-corrected chi connectivity index (χ1v) is 2.95. The Kier molecular flexibility index (Phi) is 1.67. The van der Waals surface area contributed by atoms with E-state index in [0.717, 1.165) is 5.56 Å². The number of nitrogens with zero attached hydrogens (tertiary/aromatic N) is 2. The van der Waals surface area contributed by atoms with Crippen LogP contribution in [-0.2, 0) is 0 Å². The number of nitrogens with one attached hydrogen (secondary N) is 1. The Balaban J connectivity index is 3.35. The Bertz CT molecular complexity index is 298. The Morgan fingerprint density at radius 1 is 1.60 bits per heavy atom. The summed E-state index contributed by atoms with van der Waals surface area (Å²) in [7, 11) is 0. The molecule has 0 saturated carbocycles. The highest BCUT2D eigenvalue weighted by Gasteiger charge is 1.86. The van der Waals surface area contributed by atoms with E-state index >= 15 is 0 Å². The third-order valence-corrected chi connectivity index (χ3v) is 1.23. The second-order valence-electron chi connectivity index (χ2n) is 2.08. The minimum atomic E-state index is 0.348. The smallest absolute Gasteiger partial charge is 0.145 e. The van der Waals surface area contributed by atoms with Gasteiger partial charge in [0.25, 0.3) is 0 Å². The molecule has 0 amide bonds. The quantitative estimate of drug-likeness (QED) is 0.552. The average molecular weight is 135 g/mol. The third kappa shape index (κ3) is 1.13. The normalized spacial score (nSPS) is 9.30. The van der Waals surface area contributed by atoms with Crippen LogP contribution in [0.15, 0.2) is 23.4 Å². The van der Waals surface area contributed by atoms with E-state index in [1.165, 1.54) is 4.68 Å². The van der Waals surface area contributed by atoms with Gasteiger partial charge in [0.2, 0.25) is 0 Å². The summed E-state index contributed by atoms with van der Waals surface area (Å²) < 4.78 is 1.43. The molecule has 1 rings (SSSR count). The maximum atomic E-state index is 7.30. The van der Waals surface area contributed by atoms with Gasteiger partial charge in [-0.05, 0) is 18.6 Å². The monoisotopic (exact) mass is 135 g/mol. The van der Waals surface area contributed by atoms with E-state index in [0.29, 0.717) is 5.49 Å². The van der Waals surface area contributed by atoms with Gasteiger partial charge < -0.3 is 0 Å². The van der Waals surface area contributed by atoms with E-state index < -0.39 is 0 Å². The fraction of sp³-hybridized carbons (Fsp3) is 0.143. The summed E-state index contributed by atoms with van der Waals surface area (Å²) in [6.07, 6.45) is 1.76. The molecule has 1 heterocycles. The number of aryl methyl sites for hydroxylation is 1. The van der Waals surface area contributed by atoms with E-state index in [9.17, 15) is 0 Å². The molecule has 0 fully saturated rings. The second-order valence-corrected chi connectivity index (χ2v) is 2.08. The van der Waals surface area contributed by atoms with Crippen molar-refractivity contribution in [3.63, 3.8) is 0 Å². The molecule has 0 aliphatic heterocycles. The summed E-state index contributed by atoms with van der Waals surface area (Å²) in [6, 6.07) is 3.55. The molecule has 0 unspecified atom stereocenters. The van der Waals surface area contributed by atoms with Crippen molar-refractivity contribution in [3.05, 3.63) is 29.4 Å². The van der Waals surface area contributed by atoms with Gasteiger partial charge in [-0.25, -0.2) is 4.68 Å². The van der Waals surface area contributed by atoms with Crippen LogP contribution in [-0.4, -0.2) is 11.4 Å². The number of rotatable bonds is 1. The highest BCUT2D eigenvalue weighted by molar-refractivity contribution is 5.23. The number of pyridine rings is 1. The molecule has 52 valence electrons. The van der Waals surface area contributed by atoms with Crippen molar-refractivity contribution in [2.75, 3.05) is 0 Å². The highest BCUT2D eigenvalue weighted by atomic mass is 15.3. The molecule has 0 spiro atoms. The highest BCUT2D eigenvalue weighted by Crippen LogP contribution is 1.89. The molecule has 1 N–H and O–H groups in total. The fourth-order valence-electron chi connectivity index (χ4n) is 0.709. The van der Waals surface area contributed by atoms with E-state index in [1.54, 1.807) is 12.3 Å². The number of hydrogen-bond acceptors (Lipinski definition) is 2. The standard InChI is InChI=1S/C7H9N3/c1-6-3-4-7(8)10(5-6)9-2/h3-5,8H,2H2,1H3. The van der Waals surface area contributed by atoms with Crippen LogP contribution in [0, 0.1) is 12.3 Å². The van der Waals surface area contributed by atoms with Crippen LogP contribution in [0.1, 0.15) is 5.56 Å². The SMILES string of the molecule is C=Nn1cc(C)ccc1=N. The van der Waals surface area contributed by atoms with Gasteiger partial charge in [0.15, 0.2) is 0 Å².